The van der Waals surface area contributed by atoms with Gasteiger partial charge < -0.3 is 15.4 Å². The number of esters is 1. The predicted octanol–water partition coefficient (Wildman–Crippen LogP) is 3.27. The molecule has 2 aromatic carbocycles. The molecule has 126 valence electrons. The topological polar surface area (TPSA) is 72.6 Å². The second-order valence-electron chi connectivity index (χ2n) is 4.89. The van der Waals surface area contributed by atoms with Crippen LogP contribution in [-0.4, -0.2) is 25.0 Å². The highest BCUT2D eigenvalue weighted by atomic mass is 35.5. The number of carbonyl (C=O) groups is 2. The van der Waals surface area contributed by atoms with E-state index in [1.165, 1.54) is 35.2 Å². The number of rotatable bonds is 5. The SMILES string of the molecule is CCN(C(=O)COC(=O)c1cccc(Cl)c1N)c1ccc(F)cc1. The van der Waals surface area contributed by atoms with Crippen LogP contribution in [0, 0.1) is 5.82 Å². The van der Waals surface area contributed by atoms with Crippen LogP contribution in [0.3, 0.4) is 0 Å². The van der Waals surface area contributed by atoms with E-state index in [9.17, 15) is 14.0 Å². The van der Waals surface area contributed by atoms with Gasteiger partial charge in [-0.25, -0.2) is 9.18 Å². The number of benzene rings is 2. The van der Waals surface area contributed by atoms with Crippen molar-refractivity contribution >= 4 is 34.9 Å². The molecule has 0 aliphatic rings. The molecule has 0 saturated carbocycles. The molecule has 24 heavy (non-hydrogen) atoms. The molecule has 0 bridgehead atoms. The summed E-state index contributed by atoms with van der Waals surface area (Å²) in [4.78, 5) is 25.7. The van der Waals surface area contributed by atoms with Crippen LogP contribution in [-0.2, 0) is 9.53 Å². The Morgan fingerprint density at radius 3 is 2.50 bits per heavy atom. The molecular weight excluding hydrogens is 335 g/mol. The van der Waals surface area contributed by atoms with Gasteiger partial charge in [-0.15, -0.1) is 0 Å². The van der Waals surface area contributed by atoms with Crippen molar-refractivity contribution in [1.29, 1.82) is 0 Å². The third-order valence-electron chi connectivity index (χ3n) is 3.36. The molecule has 0 unspecified atom stereocenters. The Labute approximate surface area is 143 Å². The first kappa shape index (κ1) is 17.7. The number of ether oxygens (including phenoxy) is 1. The second-order valence-corrected chi connectivity index (χ2v) is 5.30. The van der Waals surface area contributed by atoms with Crippen LogP contribution in [0.5, 0.6) is 0 Å². The molecule has 0 atom stereocenters. The summed E-state index contributed by atoms with van der Waals surface area (Å²) in [5.41, 5.74) is 6.43. The van der Waals surface area contributed by atoms with Gasteiger partial charge in [0.1, 0.15) is 5.82 Å². The molecule has 0 aliphatic heterocycles. The third-order valence-corrected chi connectivity index (χ3v) is 3.68. The Bertz CT molecular complexity index is 750. The van der Waals surface area contributed by atoms with E-state index in [1.54, 1.807) is 19.1 Å². The van der Waals surface area contributed by atoms with Crippen LogP contribution in [0.15, 0.2) is 42.5 Å². The van der Waals surface area contributed by atoms with Gasteiger partial charge in [-0.3, -0.25) is 4.79 Å². The third kappa shape index (κ3) is 4.02. The van der Waals surface area contributed by atoms with Gasteiger partial charge in [-0.2, -0.15) is 0 Å². The van der Waals surface area contributed by atoms with Crippen molar-refractivity contribution < 1.29 is 18.7 Å². The molecule has 0 aromatic heterocycles. The zero-order chi connectivity index (χ0) is 17.7. The molecule has 0 spiro atoms. The molecule has 0 radical (unpaired) electrons. The normalized spacial score (nSPS) is 10.3. The molecule has 0 aliphatic carbocycles. The minimum absolute atomic E-state index is 0.0973. The van der Waals surface area contributed by atoms with E-state index in [-0.39, 0.29) is 16.3 Å². The minimum atomic E-state index is -0.737. The summed E-state index contributed by atoms with van der Waals surface area (Å²) in [6.07, 6.45) is 0. The Morgan fingerprint density at radius 1 is 1.21 bits per heavy atom. The Hall–Kier alpha value is -2.60. The monoisotopic (exact) mass is 350 g/mol. The van der Waals surface area contributed by atoms with Gasteiger partial charge >= 0.3 is 5.97 Å². The maximum atomic E-state index is 13.0. The lowest BCUT2D eigenvalue weighted by molar-refractivity contribution is -0.121. The number of nitrogens with two attached hydrogens (primary N) is 1. The average molecular weight is 351 g/mol. The Morgan fingerprint density at radius 2 is 1.88 bits per heavy atom. The van der Waals surface area contributed by atoms with Crippen molar-refractivity contribution in [3.8, 4) is 0 Å². The Balaban J connectivity index is 2.04. The lowest BCUT2D eigenvalue weighted by Crippen LogP contribution is -2.34. The fourth-order valence-corrected chi connectivity index (χ4v) is 2.30. The molecule has 2 rings (SSSR count). The lowest BCUT2D eigenvalue weighted by Gasteiger charge is -2.21. The van der Waals surface area contributed by atoms with Crippen LogP contribution in [0.1, 0.15) is 17.3 Å². The van der Waals surface area contributed by atoms with Gasteiger partial charge in [-0.1, -0.05) is 17.7 Å². The number of nitrogens with zero attached hydrogens (tertiary/aromatic N) is 1. The number of likely N-dealkylation sites (N-methyl/N-ethyl adjacent to an activating group) is 1. The lowest BCUT2D eigenvalue weighted by atomic mass is 10.2. The van der Waals surface area contributed by atoms with Gasteiger partial charge in [0.2, 0.25) is 0 Å². The largest absolute Gasteiger partial charge is 0.452 e. The Kier molecular flexibility index (Phi) is 5.76. The van der Waals surface area contributed by atoms with Crippen molar-refractivity contribution in [3.63, 3.8) is 0 Å². The van der Waals surface area contributed by atoms with E-state index in [0.29, 0.717) is 12.2 Å². The number of hydrogen-bond acceptors (Lipinski definition) is 4. The van der Waals surface area contributed by atoms with E-state index in [0.717, 1.165) is 0 Å². The standard InChI is InChI=1S/C17H16ClFN2O3/c1-2-21(12-8-6-11(19)7-9-12)15(22)10-24-17(23)13-4-3-5-14(18)16(13)20/h3-9H,2,10,20H2,1H3. The first-order valence-electron chi connectivity index (χ1n) is 7.21. The first-order chi connectivity index (χ1) is 11.4. The number of carbonyl (C=O) groups excluding carboxylic acids is 2. The molecular formula is C17H16ClFN2O3. The molecule has 1 amide bonds. The van der Waals surface area contributed by atoms with Crippen LogP contribution in [0.25, 0.3) is 0 Å². The smallest absolute Gasteiger partial charge is 0.340 e. The second kappa shape index (κ2) is 7.79. The summed E-state index contributed by atoms with van der Waals surface area (Å²) in [5.74, 6) is -1.57. The van der Waals surface area contributed by atoms with Crippen LogP contribution in [0.4, 0.5) is 15.8 Å². The van der Waals surface area contributed by atoms with Gasteiger partial charge in [0.25, 0.3) is 5.91 Å². The molecule has 7 heteroatoms. The van der Waals surface area contributed by atoms with Crippen LogP contribution >= 0.6 is 11.6 Å². The van der Waals surface area contributed by atoms with Crippen molar-refractivity contribution in [1.82, 2.24) is 0 Å². The van der Waals surface area contributed by atoms with Crippen molar-refractivity contribution in [2.45, 2.75) is 6.92 Å². The number of halogens is 2. The van der Waals surface area contributed by atoms with Gasteiger partial charge in [0, 0.05) is 12.2 Å². The van der Waals surface area contributed by atoms with Crippen molar-refractivity contribution in [2.75, 3.05) is 23.8 Å². The number of anilines is 2. The quantitative estimate of drug-likeness (QED) is 0.663. The summed E-state index contributed by atoms with van der Waals surface area (Å²) in [7, 11) is 0. The maximum Gasteiger partial charge on any atom is 0.340 e. The summed E-state index contributed by atoms with van der Waals surface area (Å²) in [6.45, 7) is 1.65. The van der Waals surface area contributed by atoms with Crippen LogP contribution in [0.2, 0.25) is 5.02 Å². The zero-order valence-corrected chi connectivity index (χ0v) is 13.7. The van der Waals surface area contributed by atoms with Gasteiger partial charge in [0.05, 0.1) is 16.3 Å². The van der Waals surface area contributed by atoms with E-state index in [4.69, 9.17) is 22.1 Å². The summed E-state index contributed by atoms with van der Waals surface area (Å²) in [5, 5.41) is 0.234. The number of amides is 1. The highest BCUT2D eigenvalue weighted by Gasteiger charge is 2.18. The zero-order valence-electron chi connectivity index (χ0n) is 13.0. The van der Waals surface area contributed by atoms with Gasteiger partial charge in [0.15, 0.2) is 6.61 Å². The van der Waals surface area contributed by atoms with Crippen molar-refractivity contribution in [2.24, 2.45) is 0 Å². The number of para-hydroxylation sites is 1. The van der Waals surface area contributed by atoms with E-state index in [2.05, 4.69) is 0 Å². The summed E-state index contributed by atoms with van der Waals surface area (Å²) < 4.78 is 18.0. The predicted molar refractivity (Wildman–Crippen MR) is 90.6 cm³/mol. The molecule has 2 N–H and O–H groups in total. The van der Waals surface area contributed by atoms with Crippen molar-refractivity contribution in [3.05, 3.63) is 58.9 Å². The van der Waals surface area contributed by atoms with Crippen LogP contribution < -0.4 is 10.6 Å². The average Bonchev–Trinajstić information content (AvgIpc) is 2.57. The van der Waals surface area contributed by atoms with E-state index in [1.807, 2.05) is 0 Å². The highest BCUT2D eigenvalue weighted by Crippen LogP contribution is 2.23. The number of hydrogen-bond donors (Lipinski definition) is 1. The van der Waals surface area contributed by atoms with E-state index < -0.39 is 24.3 Å². The molecule has 0 saturated heterocycles. The minimum Gasteiger partial charge on any atom is -0.452 e. The molecule has 0 heterocycles. The molecule has 2 aromatic rings. The summed E-state index contributed by atoms with van der Waals surface area (Å²) >= 11 is 5.85. The first-order valence-corrected chi connectivity index (χ1v) is 7.59. The van der Waals surface area contributed by atoms with E-state index >= 15 is 0 Å². The van der Waals surface area contributed by atoms with Gasteiger partial charge in [-0.05, 0) is 43.3 Å². The number of nitrogen functional groups attached to an aromatic ring is 1. The molecule has 5 nitrogen and oxygen atoms in total. The summed E-state index contributed by atoms with van der Waals surface area (Å²) in [6, 6.07) is 10.0. The fourth-order valence-electron chi connectivity index (χ4n) is 2.12. The maximum absolute atomic E-state index is 13.0. The molecule has 0 fully saturated rings. The highest BCUT2D eigenvalue weighted by molar-refractivity contribution is 6.33. The fraction of sp³-hybridized carbons (Fsp3) is 0.176.